The lowest BCUT2D eigenvalue weighted by Crippen LogP contribution is -2.16. The summed E-state index contributed by atoms with van der Waals surface area (Å²) in [5.74, 6) is -0.788. The minimum Gasteiger partial charge on any atom is -0.289 e. The average molecular weight is 548 g/mol. The number of carbonyl (C=O) groups excluding carboxylic acids is 1. The third-order valence-corrected chi connectivity index (χ3v) is 6.49. The first kappa shape index (κ1) is 24.6. The van der Waals surface area contributed by atoms with Crippen LogP contribution in [0.1, 0.15) is 21.6 Å². The lowest BCUT2D eigenvalue weighted by atomic mass is 10.0. The van der Waals surface area contributed by atoms with E-state index >= 15 is 0 Å². The second-order valence-electron chi connectivity index (χ2n) is 8.66. The number of nitrogens with one attached hydrogen (secondary N) is 1. The first-order chi connectivity index (χ1) is 18.8. The van der Waals surface area contributed by atoms with Gasteiger partial charge in [-0.1, -0.05) is 72.3 Å². The number of nitrogens with zero attached hydrogens (tertiary/aromatic N) is 6. The molecule has 0 unspecified atom stereocenters. The van der Waals surface area contributed by atoms with E-state index in [4.69, 9.17) is 11.6 Å². The van der Waals surface area contributed by atoms with Crippen LogP contribution in [-0.2, 0) is 12.7 Å². The summed E-state index contributed by atoms with van der Waals surface area (Å²) < 4.78 is 44.3. The number of carbonyl (C=O) groups is 1. The van der Waals surface area contributed by atoms with Crippen LogP contribution in [-0.4, -0.2) is 35.3 Å². The zero-order chi connectivity index (χ0) is 27.1. The van der Waals surface area contributed by atoms with Crippen molar-refractivity contribution in [2.24, 2.45) is 0 Å². The van der Waals surface area contributed by atoms with Gasteiger partial charge >= 0.3 is 6.18 Å². The van der Waals surface area contributed by atoms with E-state index in [2.05, 4.69) is 25.5 Å². The maximum Gasteiger partial charge on any atom is 0.433 e. The van der Waals surface area contributed by atoms with E-state index in [1.807, 2.05) is 30.3 Å². The molecule has 3 aromatic carbocycles. The van der Waals surface area contributed by atoms with Crippen molar-refractivity contribution >= 4 is 39.9 Å². The molecule has 1 N–H and O–H groups in total. The minimum atomic E-state index is -4.75. The number of amides is 1. The van der Waals surface area contributed by atoms with Crippen LogP contribution in [0.5, 0.6) is 0 Å². The van der Waals surface area contributed by atoms with E-state index in [0.717, 1.165) is 28.6 Å². The second-order valence-corrected chi connectivity index (χ2v) is 9.06. The minimum absolute atomic E-state index is 0.0346. The van der Waals surface area contributed by atoms with Crippen LogP contribution in [0.3, 0.4) is 0 Å². The van der Waals surface area contributed by atoms with E-state index in [1.165, 1.54) is 11.0 Å². The summed E-state index contributed by atoms with van der Waals surface area (Å²) in [6, 6.07) is 20.7. The van der Waals surface area contributed by atoms with Gasteiger partial charge in [-0.3, -0.25) is 10.1 Å². The zero-order valence-electron chi connectivity index (χ0n) is 19.9. The van der Waals surface area contributed by atoms with Gasteiger partial charge in [-0.05, 0) is 28.5 Å². The largest absolute Gasteiger partial charge is 0.433 e. The van der Waals surface area contributed by atoms with Crippen molar-refractivity contribution in [1.82, 2.24) is 29.4 Å². The fourth-order valence-corrected chi connectivity index (χ4v) is 4.51. The Morgan fingerprint density at radius 1 is 1.00 bits per heavy atom. The normalized spacial score (nSPS) is 11.8. The molecular weight excluding hydrogens is 531 g/mol. The Morgan fingerprint density at radius 2 is 1.77 bits per heavy atom. The predicted molar refractivity (Wildman–Crippen MR) is 139 cm³/mol. The molecule has 0 radical (unpaired) electrons. The Hall–Kier alpha value is -4.77. The number of rotatable bonds is 5. The summed E-state index contributed by atoms with van der Waals surface area (Å²) in [5.41, 5.74) is -0.117. The number of aromatic nitrogens is 6. The van der Waals surface area contributed by atoms with Crippen LogP contribution in [0.4, 0.5) is 19.1 Å². The molecule has 3 heterocycles. The first-order valence-electron chi connectivity index (χ1n) is 11.7. The van der Waals surface area contributed by atoms with E-state index in [-0.39, 0.29) is 22.9 Å². The highest BCUT2D eigenvalue weighted by atomic mass is 35.5. The van der Waals surface area contributed by atoms with Crippen LogP contribution in [0.25, 0.3) is 27.7 Å². The van der Waals surface area contributed by atoms with E-state index < -0.39 is 17.8 Å². The maximum atomic E-state index is 14.1. The van der Waals surface area contributed by atoms with Crippen molar-refractivity contribution < 1.29 is 18.0 Å². The number of hydrogen-bond donors (Lipinski definition) is 1. The lowest BCUT2D eigenvalue weighted by Gasteiger charge is -2.13. The SMILES string of the molecule is O=C(Nc1ncn(Cc2ccccc2Cl)n1)c1cnn2c(C(F)(F)F)cc(-c3cccc4ccccc34)nc12. The summed E-state index contributed by atoms with van der Waals surface area (Å²) in [6.07, 6.45) is -2.30. The average Bonchev–Trinajstić information content (AvgIpc) is 3.55. The van der Waals surface area contributed by atoms with Gasteiger partial charge < -0.3 is 0 Å². The van der Waals surface area contributed by atoms with E-state index in [0.29, 0.717) is 21.6 Å². The van der Waals surface area contributed by atoms with Crippen molar-refractivity contribution in [3.8, 4) is 11.3 Å². The van der Waals surface area contributed by atoms with Crippen LogP contribution in [0, 0.1) is 0 Å². The van der Waals surface area contributed by atoms with Gasteiger partial charge in [-0.15, -0.1) is 5.10 Å². The molecule has 0 atom stereocenters. The van der Waals surface area contributed by atoms with Gasteiger partial charge in [0.25, 0.3) is 5.91 Å². The summed E-state index contributed by atoms with van der Waals surface area (Å²) in [7, 11) is 0. The summed E-state index contributed by atoms with van der Waals surface area (Å²) >= 11 is 6.19. The molecule has 6 aromatic rings. The molecule has 6 rings (SSSR count). The number of anilines is 1. The van der Waals surface area contributed by atoms with Crippen molar-refractivity contribution in [2.45, 2.75) is 12.7 Å². The molecule has 39 heavy (non-hydrogen) atoms. The maximum absolute atomic E-state index is 14.1. The predicted octanol–water partition coefficient (Wildman–Crippen LogP) is 6.11. The molecule has 194 valence electrons. The number of benzene rings is 3. The summed E-state index contributed by atoms with van der Waals surface area (Å²) in [6.45, 7) is 0.310. The third kappa shape index (κ3) is 4.68. The van der Waals surface area contributed by atoms with Crippen molar-refractivity contribution in [3.05, 3.63) is 107 Å². The molecule has 0 saturated heterocycles. The van der Waals surface area contributed by atoms with Crippen LogP contribution < -0.4 is 5.32 Å². The quantitative estimate of drug-likeness (QED) is 0.281. The highest BCUT2D eigenvalue weighted by molar-refractivity contribution is 6.31. The van der Waals surface area contributed by atoms with Crippen LogP contribution in [0.2, 0.25) is 5.02 Å². The number of halogens is 4. The molecule has 0 spiro atoms. The number of alkyl halides is 3. The Kier molecular flexibility index (Phi) is 5.99. The highest BCUT2D eigenvalue weighted by Gasteiger charge is 2.36. The molecule has 1 amide bonds. The number of fused-ring (bicyclic) bond motifs is 2. The fourth-order valence-electron chi connectivity index (χ4n) is 4.31. The van der Waals surface area contributed by atoms with Crippen LogP contribution >= 0.6 is 11.6 Å². The standard InChI is InChI=1S/C27H17ClF3N7O/c28-21-11-4-2-7-17(21)14-37-15-32-26(36-37)35-25(39)20-13-33-38-23(27(29,30)31)12-22(34-24(20)38)19-10-5-8-16-6-1-3-9-18(16)19/h1-13,15H,14H2,(H,35,36,39). The summed E-state index contributed by atoms with van der Waals surface area (Å²) in [4.78, 5) is 21.7. The zero-order valence-corrected chi connectivity index (χ0v) is 20.6. The Bertz CT molecular complexity index is 1860. The Morgan fingerprint density at radius 3 is 2.59 bits per heavy atom. The molecule has 0 saturated carbocycles. The Balaban J connectivity index is 1.38. The van der Waals surface area contributed by atoms with Crippen LogP contribution in [0.15, 0.2) is 85.3 Å². The third-order valence-electron chi connectivity index (χ3n) is 6.12. The molecule has 0 bridgehead atoms. The summed E-state index contributed by atoms with van der Waals surface area (Å²) in [5, 5.41) is 12.7. The van der Waals surface area contributed by atoms with Gasteiger partial charge in [-0.2, -0.15) is 18.3 Å². The highest BCUT2D eigenvalue weighted by Crippen LogP contribution is 2.35. The first-order valence-corrected chi connectivity index (χ1v) is 12.0. The molecule has 3 aromatic heterocycles. The van der Waals surface area contributed by atoms with E-state index in [9.17, 15) is 18.0 Å². The van der Waals surface area contributed by atoms with Gasteiger partial charge in [0.2, 0.25) is 5.95 Å². The Labute approximate surface area is 223 Å². The van der Waals surface area contributed by atoms with E-state index in [1.54, 1.807) is 36.4 Å². The van der Waals surface area contributed by atoms with Crippen molar-refractivity contribution in [1.29, 1.82) is 0 Å². The monoisotopic (exact) mass is 547 g/mol. The molecular formula is C27H17ClF3N7O. The second kappa shape index (κ2) is 9.52. The molecule has 0 aliphatic rings. The number of hydrogen-bond acceptors (Lipinski definition) is 5. The van der Waals surface area contributed by atoms with Crippen molar-refractivity contribution in [2.75, 3.05) is 5.32 Å². The smallest absolute Gasteiger partial charge is 0.289 e. The van der Waals surface area contributed by atoms with Gasteiger partial charge in [0.15, 0.2) is 11.3 Å². The van der Waals surface area contributed by atoms with Gasteiger partial charge in [0.05, 0.1) is 18.4 Å². The molecule has 0 aliphatic carbocycles. The van der Waals surface area contributed by atoms with Crippen molar-refractivity contribution in [3.63, 3.8) is 0 Å². The van der Waals surface area contributed by atoms with Gasteiger partial charge in [0.1, 0.15) is 11.9 Å². The molecule has 0 aliphatic heterocycles. The molecule has 0 fully saturated rings. The molecule has 8 nitrogen and oxygen atoms in total. The lowest BCUT2D eigenvalue weighted by molar-refractivity contribution is -0.142. The topological polar surface area (TPSA) is 90.0 Å². The fraction of sp³-hybridized carbons (Fsp3) is 0.0741. The van der Waals surface area contributed by atoms with Gasteiger partial charge in [-0.25, -0.2) is 19.2 Å². The molecule has 12 heteroatoms. The van der Waals surface area contributed by atoms with Gasteiger partial charge in [0, 0.05) is 10.6 Å².